The third-order valence-electron chi connectivity index (χ3n) is 2.07. The SMILES string of the molecule is C1=C(C2CCC2)C1. The van der Waals surface area contributed by atoms with Gasteiger partial charge < -0.3 is 0 Å². The molecule has 0 spiro atoms. The van der Waals surface area contributed by atoms with Crippen LogP contribution in [0.15, 0.2) is 11.6 Å². The highest BCUT2D eigenvalue weighted by Crippen LogP contribution is 2.40. The Morgan fingerprint density at radius 1 is 1.43 bits per heavy atom. The Morgan fingerprint density at radius 3 is 2.29 bits per heavy atom. The molecule has 0 heteroatoms. The van der Waals surface area contributed by atoms with E-state index in [1.54, 1.807) is 5.57 Å². The van der Waals surface area contributed by atoms with Crippen LogP contribution in [0.4, 0.5) is 0 Å². The van der Waals surface area contributed by atoms with Gasteiger partial charge in [0.2, 0.25) is 0 Å². The topological polar surface area (TPSA) is 0 Å². The van der Waals surface area contributed by atoms with E-state index in [2.05, 4.69) is 6.08 Å². The average molecular weight is 94.2 g/mol. The maximum atomic E-state index is 2.36. The molecule has 0 aromatic heterocycles. The van der Waals surface area contributed by atoms with Crippen molar-refractivity contribution in [2.75, 3.05) is 0 Å². The zero-order chi connectivity index (χ0) is 4.69. The van der Waals surface area contributed by atoms with Crippen LogP contribution in [-0.4, -0.2) is 0 Å². The highest BCUT2D eigenvalue weighted by atomic mass is 14.3. The average Bonchev–Trinajstić information content (AvgIpc) is 2.10. The summed E-state index contributed by atoms with van der Waals surface area (Å²) in [6.45, 7) is 0. The quantitative estimate of drug-likeness (QED) is 0.436. The van der Waals surface area contributed by atoms with Crippen LogP contribution < -0.4 is 0 Å². The number of hydrogen-bond acceptors (Lipinski definition) is 0. The van der Waals surface area contributed by atoms with E-state index in [4.69, 9.17) is 0 Å². The van der Waals surface area contributed by atoms with E-state index in [0.717, 1.165) is 5.92 Å². The maximum absolute atomic E-state index is 2.36. The summed E-state index contributed by atoms with van der Waals surface area (Å²) in [7, 11) is 0. The third-order valence-corrected chi connectivity index (χ3v) is 2.07. The fraction of sp³-hybridized carbons (Fsp3) is 0.714. The van der Waals surface area contributed by atoms with Crippen molar-refractivity contribution >= 4 is 0 Å². The summed E-state index contributed by atoms with van der Waals surface area (Å²) in [6, 6.07) is 0. The molecule has 2 rings (SSSR count). The Hall–Kier alpha value is -0.260. The van der Waals surface area contributed by atoms with Gasteiger partial charge in [0.05, 0.1) is 0 Å². The van der Waals surface area contributed by atoms with E-state index >= 15 is 0 Å². The van der Waals surface area contributed by atoms with Crippen LogP contribution >= 0.6 is 0 Å². The maximum Gasteiger partial charge on any atom is -0.0133 e. The van der Waals surface area contributed by atoms with E-state index in [0.29, 0.717) is 0 Å². The minimum absolute atomic E-state index is 1.06. The minimum Gasteiger partial charge on any atom is -0.0807 e. The second-order valence-corrected chi connectivity index (χ2v) is 2.61. The first-order valence-electron chi connectivity index (χ1n) is 3.16. The summed E-state index contributed by atoms with van der Waals surface area (Å²) in [4.78, 5) is 0. The van der Waals surface area contributed by atoms with Gasteiger partial charge in [0.25, 0.3) is 0 Å². The Bertz CT molecular complexity index is 107. The van der Waals surface area contributed by atoms with Crippen molar-refractivity contribution in [2.45, 2.75) is 25.7 Å². The van der Waals surface area contributed by atoms with E-state index in [9.17, 15) is 0 Å². The predicted octanol–water partition coefficient (Wildman–Crippen LogP) is 2.12. The monoisotopic (exact) mass is 94.1 g/mol. The lowest BCUT2D eigenvalue weighted by molar-refractivity contribution is 0.375. The molecule has 7 heavy (non-hydrogen) atoms. The minimum atomic E-state index is 1.06. The van der Waals surface area contributed by atoms with Gasteiger partial charge in [-0.1, -0.05) is 18.1 Å². The molecule has 0 atom stereocenters. The van der Waals surface area contributed by atoms with Crippen molar-refractivity contribution < 1.29 is 0 Å². The third kappa shape index (κ3) is 0.495. The van der Waals surface area contributed by atoms with Crippen molar-refractivity contribution in [2.24, 2.45) is 5.92 Å². The van der Waals surface area contributed by atoms with E-state index < -0.39 is 0 Å². The van der Waals surface area contributed by atoms with Gasteiger partial charge in [-0.05, 0) is 25.2 Å². The summed E-state index contributed by atoms with van der Waals surface area (Å²) >= 11 is 0. The molecule has 0 aromatic carbocycles. The standard InChI is InChI=1S/C7H10/c1-2-6(3-1)7-4-5-7/h4,6H,1-3,5H2. The molecule has 0 saturated heterocycles. The number of rotatable bonds is 1. The van der Waals surface area contributed by atoms with Crippen LogP contribution in [0.3, 0.4) is 0 Å². The molecule has 0 aliphatic heterocycles. The summed E-state index contributed by atoms with van der Waals surface area (Å²) < 4.78 is 0. The van der Waals surface area contributed by atoms with Crippen LogP contribution in [0, 0.1) is 5.92 Å². The molecule has 38 valence electrons. The van der Waals surface area contributed by atoms with Crippen LogP contribution in [0.1, 0.15) is 25.7 Å². The van der Waals surface area contributed by atoms with Crippen molar-refractivity contribution in [3.05, 3.63) is 11.6 Å². The lowest BCUT2D eigenvalue weighted by Gasteiger charge is -2.22. The first-order valence-corrected chi connectivity index (χ1v) is 3.16. The normalized spacial score (nSPS) is 28.9. The van der Waals surface area contributed by atoms with Crippen molar-refractivity contribution in [1.29, 1.82) is 0 Å². The summed E-state index contributed by atoms with van der Waals surface area (Å²) in [5.74, 6) is 1.06. The van der Waals surface area contributed by atoms with Crippen LogP contribution in [-0.2, 0) is 0 Å². The molecule has 0 nitrogen and oxygen atoms in total. The van der Waals surface area contributed by atoms with E-state index in [1.807, 2.05) is 0 Å². The van der Waals surface area contributed by atoms with Crippen molar-refractivity contribution in [1.82, 2.24) is 0 Å². The largest absolute Gasteiger partial charge is 0.0807 e. The summed E-state index contributed by atoms with van der Waals surface area (Å²) in [5, 5.41) is 0. The van der Waals surface area contributed by atoms with Gasteiger partial charge in [-0.25, -0.2) is 0 Å². The van der Waals surface area contributed by atoms with E-state index in [-0.39, 0.29) is 0 Å². The zero-order valence-corrected chi connectivity index (χ0v) is 4.48. The number of hydrogen-bond donors (Lipinski definition) is 0. The van der Waals surface area contributed by atoms with E-state index in [1.165, 1.54) is 25.7 Å². The van der Waals surface area contributed by atoms with Crippen molar-refractivity contribution in [3.8, 4) is 0 Å². The van der Waals surface area contributed by atoms with Crippen LogP contribution in [0.5, 0.6) is 0 Å². The Morgan fingerprint density at radius 2 is 2.14 bits per heavy atom. The van der Waals surface area contributed by atoms with Gasteiger partial charge in [-0.2, -0.15) is 0 Å². The molecular formula is C7H10. The molecule has 0 heterocycles. The second-order valence-electron chi connectivity index (χ2n) is 2.61. The molecule has 0 aromatic rings. The van der Waals surface area contributed by atoms with Gasteiger partial charge in [0.15, 0.2) is 0 Å². The number of allylic oxidation sites excluding steroid dienone is 2. The Labute approximate surface area is 44.2 Å². The first-order chi connectivity index (χ1) is 3.47. The highest BCUT2D eigenvalue weighted by Gasteiger charge is 2.25. The van der Waals surface area contributed by atoms with Gasteiger partial charge in [0.1, 0.15) is 0 Å². The second kappa shape index (κ2) is 1.12. The molecule has 0 radical (unpaired) electrons. The molecule has 0 bridgehead atoms. The smallest absolute Gasteiger partial charge is 0.0133 e. The molecular weight excluding hydrogens is 84.1 g/mol. The van der Waals surface area contributed by atoms with Crippen LogP contribution in [0.2, 0.25) is 0 Å². The zero-order valence-electron chi connectivity index (χ0n) is 4.48. The Kier molecular flexibility index (Phi) is 0.592. The summed E-state index contributed by atoms with van der Waals surface area (Å²) in [6.07, 6.45) is 8.19. The lowest BCUT2D eigenvalue weighted by Crippen LogP contribution is -2.08. The van der Waals surface area contributed by atoms with Crippen LogP contribution in [0.25, 0.3) is 0 Å². The molecule has 1 fully saturated rings. The van der Waals surface area contributed by atoms with Gasteiger partial charge >= 0.3 is 0 Å². The fourth-order valence-corrected chi connectivity index (χ4v) is 1.17. The van der Waals surface area contributed by atoms with Gasteiger partial charge in [-0.15, -0.1) is 0 Å². The predicted molar refractivity (Wildman–Crippen MR) is 30.0 cm³/mol. The van der Waals surface area contributed by atoms with Gasteiger partial charge in [-0.3, -0.25) is 0 Å². The highest BCUT2D eigenvalue weighted by molar-refractivity contribution is 5.26. The fourth-order valence-electron chi connectivity index (χ4n) is 1.17. The first kappa shape index (κ1) is 3.71. The Balaban J connectivity index is 1.95. The molecule has 2 aliphatic carbocycles. The molecule has 1 saturated carbocycles. The molecule has 0 N–H and O–H groups in total. The molecule has 2 aliphatic rings. The molecule has 0 unspecified atom stereocenters. The lowest BCUT2D eigenvalue weighted by atomic mass is 9.83. The summed E-state index contributed by atoms with van der Waals surface area (Å²) in [5.41, 5.74) is 1.76. The molecule has 0 amide bonds. The van der Waals surface area contributed by atoms with Crippen molar-refractivity contribution in [3.63, 3.8) is 0 Å². The van der Waals surface area contributed by atoms with Gasteiger partial charge in [0, 0.05) is 0 Å².